The van der Waals surface area contributed by atoms with Crippen molar-refractivity contribution in [1.29, 1.82) is 0 Å². The predicted octanol–water partition coefficient (Wildman–Crippen LogP) is 3.77. The monoisotopic (exact) mass is 462 g/mol. The Morgan fingerprint density at radius 1 is 1.09 bits per heavy atom. The highest BCUT2D eigenvalue weighted by atomic mass is 19.1. The fraction of sp³-hybridized carbons (Fsp3) is 0.280. The van der Waals surface area contributed by atoms with Gasteiger partial charge < -0.3 is 14.8 Å². The molecule has 2 bridgehead atoms. The van der Waals surface area contributed by atoms with E-state index in [4.69, 9.17) is 0 Å². The Kier molecular flexibility index (Phi) is 5.61. The molecule has 2 atom stereocenters. The van der Waals surface area contributed by atoms with E-state index in [1.54, 1.807) is 39.8 Å². The van der Waals surface area contributed by atoms with E-state index in [2.05, 4.69) is 5.32 Å². The molecule has 3 heterocycles. The van der Waals surface area contributed by atoms with Gasteiger partial charge >= 0.3 is 0 Å². The molecule has 1 saturated heterocycles. The maximum Gasteiger partial charge on any atom is 0.293 e. The number of fused-ring (bicyclic) bond motifs is 4. The number of anilines is 1. The maximum atomic E-state index is 13.3. The molecule has 2 aliphatic heterocycles. The van der Waals surface area contributed by atoms with Crippen molar-refractivity contribution in [3.63, 3.8) is 0 Å². The van der Waals surface area contributed by atoms with Crippen LogP contribution in [-0.4, -0.2) is 33.4 Å². The molecule has 174 valence electrons. The van der Waals surface area contributed by atoms with Crippen LogP contribution >= 0.6 is 0 Å². The van der Waals surface area contributed by atoms with Gasteiger partial charge in [-0.3, -0.25) is 19.7 Å². The highest BCUT2D eigenvalue weighted by Crippen LogP contribution is 2.36. The minimum Gasteiger partial charge on any atom is -0.375 e. The Morgan fingerprint density at radius 3 is 2.65 bits per heavy atom. The first kappa shape index (κ1) is 21.8. The number of piperidine rings is 1. The number of amides is 1. The smallest absolute Gasteiger partial charge is 0.293 e. The lowest BCUT2D eigenvalue weighted by molar-refractivity contribution is -0.384. The molecule has 0 unspecified atom stereocenters. The van der Waals surface area contributed by atoms with Gasteiger partial charge in [-0.25, -0.2) is 4.39 Å². The number of nitro benzene ring substituents is 1. The van der Waals surface area contributed by atoms with Crippen LogP contribution in [0.15, 0.2) is 65.5 Å². The highest BCUT2D eigenvalue weighted by Gasteiger charge is 2.36. The molecule has 8 nitrogen and oxygen atoms in total. The molecule has 0 aliphatic carbocycles. The fourth-order valence-electron chi connectivity index (χ4n) is 5.01. The van der Waals surface area contributed by atoms with Crippen LogP contribution in [0.2, 0.25) is 0 Å². The average molecular weight is 462 g/mol. The van der Waals surface area contributed by atoms with Gasteiger partial charge in [0, 0.05) is 55.5 Å². The Labute approximate surface area is 194 Å². The SMILES string of the molecule is O=C(c1ccc(NCc2ccc(F)cc2)c([N+](=O)[O-])c1)N1C[C@H]2C[C@@H](C1)c1cccc(=O)n1C2. The zero-order chi connectivity index (χ0) is 23.8. The number of carbonyl (C=O) groups excluding carboxylic acids is 1. The van der Waals surface area contributed by atoms with Crippen molar-refractivity contribution in [3.05, 3.63) is 104 Å². The van der Waals surface area contributed by atoms with Crippen LogP contribution in [0, 0.1) is 21.8 Å². The number of nitrogens with one attached hydrogen (secondary N) is 1. The average Bonchev–Trinajstić information content (AvgIpc) is 2.83. The Balaban J connectivity index is 1.35. The summed E-state index contributed by atoms with van der Waals surface area (Å²) in [7, 11) is 0. The molecule has 5 rings (SSSR count). The zero-order valence-corrected chi connectivity index (χ0v) is 18.3. The van der Waals surface area contributed by atoms with E-state index in [1.807, 2.05) is 6.07 Å². The van der Waals surface area contributed by atoms with Gasteiger partial charge in [-0.05, 0) is 48.2 Å². The van der Waals surface area contributed by atoms with Gasteiger partial charge in [-0.15, -0.1) is 0 Å². The predicted molar refractivity (Wildman–Crippen MR) is 124 cm³/mol. The van der Waals surface area contributed by atoms with Crippen molar-refractivity contribution in [2.24, 2.45) is 5.92 Å². The van der Waals surface area contributed by atoms with Crippen molar-refractivity contribution in [2.75, 3.05) is 18.4 Å². The molecule has 1 amide bonds. The maximum absolute atomic E-state index is 13.3. The lowest BCUT2D eigenvalue weighted by atomic mass is 9.83. The number of rotatable bonds is 5. The van der Waals surface area contributed by atoms with E-state index < -0.39 is 4.92 Å². The Hall–Kier alpha value is -4.01. The van der Waals surface area contributed by atoms with Crippen LogP contribution in [0.5, 0.6) is 0 Å². The van der Waals surface area contributed by atoms with Gasteiger partial charge in [0.25, 0.3) is 17.2 Å². The summed E-state index contributed by atoms with van der Waals surface area (Å²) in [5.41, 5.74) is 2.04. The molecule has 0 saturated carbocycles. The topological polar surface area (TPSA) is 97.5 Å². The summed E-state index contributed by atoms with van der Waals surface area (Å²) < 4.78 is 14.9. The summed E-state index contributed by atoms with van der Waals surface area (Å²) in [6.07, 6.45) is 0.916. The van der Waals surface area contributed by atoms with E-state index in [1.165, 1.54) is 24.3 Å². The number of likely N-dealkylation sites (tertiary alicyclic amines) is 1. The summed E-state index contributed by atoms with van der Waals surface area (Å²) in [6.45, 7) is 1.83. The second kappa shape index (κ2) is 8.74. The molecule has 2 aromatic carbocycles. The van der Waals surface area contributed by atoms with Crippen LogP contribution in [0.3, 0.4) is 0 Å². The van der Waals surface area contributed by atoms with Crippen LogP contribution in [0.4, 0.5) is 15.8 Å². The normalized spacial score (nSPS) is 18.8. The summed E-state index contributed by atoms with van der Waals surface area (Å²) in [4.78, 5) is 38.4. The van der Waals surface area contributed by atoms with Gasteiger partial charge in [0.15, 0.2) is 0 Å². The van der Waals surface area contributed by atoms with Crippen molar-refractivity contribution in [1.82, 2.24) is 9.47 Å². The molecule has 34 heavy (non-hydrogen) atoms. The van der Waals surface area contributed by atoms with Crippen molar-refractivity contribution in [3.8, 4) is 0 Å². The number of hydrogen-bond donors (Lipinski definition) is 1. The summed E-state index contributed by atoms with van der Waals surface area (Å²) in [5.74, 6) is -0.372. The van der Waals surface area contributed by atoms with Crippen molar-refractivity contribution >= 4 is 17.3 Å². The third kappa shape index (κ3) is 4.16. The molecule has 0 spiro atoms. The number of nitro groups is 1. The first-order valence-electron chi connectivity index (χ1n) is 11.1. The molecule has 0 radical (unpaired) electrons. The van der Waals surface area contributed by atoms with Gasteiger partial charge in [-0.1, -0.05) is 18.2 Å². The summed E-state index contributed by atoms with van der Waals surface area (Å²) in [5, 5.41) is 14.7. The number of carbonyl (C=O) groups is 1. The molecule has 9 heteroatoms. The second-order valence-corrected chi connectivity index (χ2v) is 8.88. The van der Waals surface area contributed by atoms with E-state index in [0.717, 1.165) is 17.7 Å². The molecule has 1 fully saturated rings. The first-order chi connectivity index (χ1) is 16.4. The quantitative estimate of drug-likeness (QED) is 0.460. The molecule has 3 aromatic rings. The third-order valence-electron chi connectivity index (χ3n) is 6.60. The van der Waals surface area contributed by atoms with Crippen molar-refractivity contribution < 1.29 is 14.1 Å². The van der Waals surface area contributed by atoms with E-state index in [9.17, 15) is 24.1 Å². The van der Waals surface area contributed by atoms with Gasteiger partial charge in [-0.2, -0.15) is 0 Å². The first-order valence-corrected chi connectivity index (χ1v) is 11.1. The minimum absolute atomic E-state index is 0.0219. The van der Waals surface area contributed by atoms with E-state index >= 15 is 0 Å². The molecule has 1 aromatic heterocycles. The number of aromatic nitrogens is 1. The lowest BCUT2D eigenvalue weighted by Crippen LogP contribution is -2.49. The zero-order valence-electron chi connectivity index (χ0n) is 18.3. The highest BCUT2D eigenvalue weighted by molar-refractivity contribution is 5.96. The standard InChI is InChI=1S/C25H23FN4O4/c26-20-7-4-16(5-8-20)12-27-21-9-6-18(11-23(21)30(33)34)25(32)28-13-17-10-19(15-28)22-2-1-3-24(31)29(22)14-17/h1-9,11,17,19,27H,10,12-15H2/t17-,19+/m1/s1. The van der Waals surface area contributed by atoms with Crippen LogP contribution in [0.25, 0.3) is 0 Å². The van der Waals surface area contributed by atoms with Crippen molar-refractivity contribution in [2.45, 2.75) is 25.4 Å². The Bertz CT molecular complexity index is 1320. The lowest BCUT2D eigenvalue weighted by Gasteiger charge is -2.42. The van der Waals surface area contributed by atoms with Crippen LogP contribution in [0.1, 0.15) is 34.0 Å². The fourth-order valence-corrected chi connectivity index (χ4v) is 5.01. The summed E-state index contributed by atoms with van der Waals surface area (Å²) in [6, 6.07) is 15.5. The number of halogens is 1. The number of hydrogen-bond acceptors (Lipinski definition) is 5. The molecular weight excluding hydrogens is 439 g/mol. The van der Waals surface area contributed by atoms with E-state index in [-0.39, 0.29) is 52.6 Å². The third-order valence-corrected chi connectivity index (χ3v) is 6.60. The number of nitrogens with zero attached hydrogens (tertiary/aromatic N) is 3. The van der Waals surface area contributed by atoms with Gasteiger partial charge in [0.2, 0.25) is 0 Å². The second-order valence-electron chi connectivity index (χ2n) is 8.88. The Morgan fingerprint density at radius 2 is 1.88 bits per heavy atom. The van der Waals surface area contributed by atoms with Crippen LogP contribution in [-0.2, 0) is 13.1 Å². The van der Waals surface area contributed by atoms with E-state index in [0.29, 0.717) is 19.6 Å². The largest absolute Gasteiger partial charge is 0.375 e. The minimum atomic E-state index is -0.516. The number of benzene rings is 2. The molecule has 1 N–H and O–H groups in total. The van der Waals surface area contributed by atoms with Crippen LogP contribution < -0.4 is 10.9 Å². The van der Waals surface area contributed by atoms with Gasteiger partial charge in [0.05, 0.1) is 4.92 Å². The van der Waals surface area contributed by atoms with Gasteiger partial charge in [0.1, 0.15) is 11.5 Å². The molecular formula is C25H23FN4O4. The molecule has 2 aliphatic rings. The number of pyridine rings is 1. The summed E-state index contributed by atoms with van der Waals surface area (Å²) >= 11 is 0.